The molecule has 3 rings (SSSR count). The molecule has 0 atom stereocenters. The second-order valence-corrected chi connectivity index (χ2v) is 4.78. The zero-order valence-electron chi connectivity index (χ0n) is 11.1. The van der Waals surface area contributed by atoms with Crippen molar-refractivity contribution in [1.82, 2.24) is 14.4 Å². The van der Waals surface area contributed by atoms with Crippen molar-refractivity contribution < 1.29 is 0 Å². The molecular formula is C15H16N4. The van der Waals surface area contributed by atoms with Gasteiger partial charge in [0, 0.05) is 30.7 Å². The Balaban J connectivity index is 2.18. The van der Waals surface area contributed by atoms with Crippen LogP contribution in [0.25, 0.3) is 16.9 Å². The van der Waals surface area contributed by atoms with Crippen molar-refractivity contribution in [3.8, 4) is 11.3 Å². The van der Waals surface area contributed by atoms with Gasteiger partial charge in [-0.25, -0.2) is 4.98 Å². The van der Waals surface area contributed by atoms with Crippen LogP contribution >= 0.6 is 0 Å². The molecule has 2 N–H and O–H groups in total. The number of hydrogen-bond donors (Lipinski definition) is 1. The van der Waals surface area contributed by atoms with Gasteiger partial charge in [-0.05, 0) is 43.2 Å². The Kier molecular flexibility index (Phi) is 2.80. The smallest absolute Gasteiger partial charge is 0.139 e. The summed E-state index contributed by atoms with van der Waals surface area (Å²) < 4.78 is 2.05. The average molecular weight is 252 g/mol. The van der Waals surface area contributed by atoms with E-state index in [2.05, 4.69) is 33.6 Å². The molecule has 4 heteroatoms. The van der Waals surface area contributed by atoms with Crippen molar-refractivity contribution in [1.29, 1.82) is 0 Å². The van der Waals surface area contributed by atoms with E-state index in [9.17, 15) is 0 Å². The molecular weight excluding hydrogens is 236 g/mol. The van der Waals surface area contributed by atoms with Crippen LogP contribution in [0.5, 0.6) is 0 Å². The lowest BCUT2D eigenvalue weighted by molar-refractivity contribution is 1.06. The second-order valence-electron chi connectivity index (χ2n) is 4.78. The average Bonchev–Trinajstić information content (AvgIpc) is 2.80. The molecule has 0 aromatic carbocycles. The summed E-state index contributed by atoms with van der Waals surface area (Å²) in [6.45, 7) is 4.60. The Morgan fingerprint density at radius 1 is 1.21 bits per heavy atom. The normalized spacial score (nSPS) is 11.1. The molecule has 4 nitrogen and oxygen atoms in total. The first-order valence-corrected chi connectivity index (χ1v) is 6.28. The van der Waals surface area contributed by atoms with Gasteiger partial charge in [-0.15, -0.1) is 0 Å². The van der Waals surface area contributed by atoms with E-state index < -0.39 is 0 Å². The molecule has 3 aromatic rings. The first-order chi connectivity index (χ1) is 9.17. The molecule has 19 heavy (non-hydrogen) atoms. The van der Waals surface area contributed by atoms with E-state index in [1.807, 2.05) is 25.3 Å². The van der Waals surface area contributed by atoms with E-state index in [0.29, 0.717) is 6.54 Å². The maximum Gasteiger partial charge on any atom is 0.139 e. The number of pyridine rings is 2. The fourth-order valence-corrected chi connectivity index (χ4v) is 2.29. The van der Waals surface area contributed by atoms with Gasteiger partial charge >= 0.3 is 0 Å². The van der Waals surface area contributed by atoms with Gasteiger partial charge in [0.25, 0.3) is 0 Å². The number of nitrogens with two attached hydrogens (primary N) is 1. The summed E-state index contributed by atoms with van der Waals surface area (Å²) in [6, 6.07) is 6.09. The number of hydrogen-bond acceptors (Lipinski definition) is 3. The minimum absolute atomic E-state index is 0.529. The van der Waals surface area contributed by atoms with Crippen LogP contribution in [0.15, 0.2) is 36.8 Å². The fourth-order valence-electron chi connectivity index (χ4n) is 2.29. The third-order valence-corrected chi connectivity index (χ3v) is 3.21. The first-order valence-electron chi connectivity index (χ1n) is 6.28. The van der Waals surface area contributed by atoms with E-state index in [1.54, 1.807) is 6.20 Å². The molecule has 0 amide bonds. The third-order valence-electron chi connectivity index (χ3n) is 3.21. The van der Waals surface area contributed by atoms with E-state index in [0.717, 1.165) is 33.7 Å². The number of aromatic nitrogens is 3. The van der Waals surface area contributed by atoms with Gasteiger partial charge < -0.3 is 10.1 Å². The largest absolute Gasteiger partial charge is 0.326 e. The van der Waals surface area contributed by atoms with E-state index in [1.165, 1.54) is 0 Å². The Morgan fingerprint density at radius 2 is 2.05 bits per heavy atom. The van der Waals surface area contributed by atoms with Crippen molar-refractivity contribution >= 4 is 5.65 Å². The third kappa shape index (κ3) is 2.11. The van der Waals surface area contributed by atoms with Gasteiger partial charge in [-0.1, -0.05) is 0 Å². The summed E-state index contributed by atoms with van der Waals surface area (Å²) in [4.78, 5) is 8.93. The van der Waals surface area contributed by atoms with E-state index >= 15 is 0 Å². The van der Waals surface area contributed by atoms with Crippen molar-refractivity contribution in [2.75, 3.05) is 0 Å². The highest BCUT2D eigenvalue weighted by Crippen LogP contribution is 2.21. The molecule has 0 fully saturated rings. The lowest BCUT2D eigenvalue weighted by atomic mass is 10.1. The van der Waals surface area contributed by atoms with Crippen LogP contribution in [0.1, 0.15) is 16.8 Å². The van der Waals surface area contributed by atoms with Crippen LogP contribution in [-0.4, -0.2) is 14.4 Å². The van der Waals surface area contributed by atoms with E-state index in [-0.39, 0.29) is 0 Å². The van der Waals surface area contributed by atoms with Gasteiger partial charge in [-0.2, -0.15) is 0 Å². The minimum atomic E-state index is 0.529. The molecule has 0 bridgehead atoms. The topological polar surface area (TPSA) is 56.2 Å². The molecule has 3 aromatic heterocycles. The highest BCUT2D eigenvalue weighted by molar-refractivity contribution is 5.64. The number of rotatable bonds is 2. The molecule has 96 valence electrons. The van der Waals surface area contributed by atoms with Gasteiger partial charge in [0.15, 0.2) is 0 Å². The summed E-state index contributed by atoms with van der Waals surface area (Å²) >= 11 is 0. The standard InChI is InChI=1S/C15H16N4/c1-10-5-13(9-19-8-11(2)18-15(10)19)14-6-12(7-16)3-4-17-14/h3-6,8-9H,7,16H2,1-2H3. The highest BCUT2D eigenvalue weighted by Gasteiger charge is 2.07. The first kappa shape index (κ1) is 11.9. The molecule has 0 spiro atoms. The minimum Gasteiger partial charge on any atom is -0.326 e. The summed E-state index contributed by atoms with van der Waals surface area (Å²) in [5.74, 6) is 0. The van der Waals surface area contributed by atoms with Gasteiger partial charge in [0.2, 0.25) is 0 Å². The molecule has 0 aliphatic heterocycles. The quantitative estimate of drug-likeness (QED) is 0.762. The van der Waals surface area contributed by atoms with Gasteiger partial charge in [0.1, 0.15) is 5.65 Å². The molecule has 0 aliphatic rings. The Labute approximate surface area is 111 Å². The number of imidazole rings is 1. The molecule has 0 saturated heterocycles. The van der Waals surface area contributed by atoms with Crippen LogP contribution in [0.3, 0.4) is 0 Å². The Bertz CT molecular complexity index is 743. The molecule has 0 unspecified atom stereocenters. The van der Waals surface area contributed by atoms with Gasteiger partial charge in [-0.3, -0.25) is 4.98 Å². The number of nitrogens with zero attached hydrogens (tertiary/aromatic N) is 3. The SMILES string of the molecule is Cc1cn2cc(-c3cc(CN)ccn3)cc(C)c2n1. The zero-order chi connectivity index (χ0) is 13.4. The van der Waals surface area contributed by atoms with Crippen LogP contribution in [-0.2, 0) is 6.54 Å². The van der Waals surface area contributed by atoms with Crippen molar-refractivity contribution in [3.63, 3.8) is 0 Å². The molecule has 0 saturated carbocycles. The molecule has 0 aliphatic carbocycles. The number of aryl methyl sites for hydroxylation is 2. The van der Waals surface area contributed by atoms with Crippen molar-refractivity contribution in [2.45, 2.75) is 20.4 Å². The fraction of sp³-hybridized carbons (Fsp3) is 0.200. The van der Waals surface area contributed by atoms with Crippen LogP contribution in [0.4, 0.5) is 0 Å². The summed E-state index contributed by atoms with van der Waals surface area (Å²) in [7, 11) is 0. The maximum atomic E-state index is 5.68. The summed E-state index contributed by atoms with van der Waals surface area (Å²) in [6.07, 6.45) is 5.89. The molecule has 0 radical (unpaired) electrons. The molecule has 3 heterocycles. The van der Waals surface area contributed by atoms with E-state index in [4.69, 9.17) is 5.73 Å². The predicted octanol–water partition coefficient (Wildman–Crippen LogP) is 2.47. The number of fused-ring (bicyclic) bond motifs is 1. The Hall–Kier alpha value is -2.20. The van der Waals surface area contributed by atoms with Crippen LogP contribution < -0.4 is 5.73 Å². The predicted molar refractivity (Wildman–Crippen MR) is 75.8 cm³/mol. The van der Waals surface area contributed by atoms with Crippen LogP contribution in [0.2, 0.25) is 0 Å². The summed E-state index contributed by atoms with van der Waals surface area (Å²) in [5, 5.41) is 0. The summed E-state index contributed by atoms with van der Waals surface area (Å²) in [5.41, 5.74) is 11.9. The van der Waals surface area contributed by atoms with Crippen LogP contribution in [0, 0.1) is 13.8 Å². The second kappa shape index (κ2) is 4.48. The lowest BCUT2D eigenvalue weighted by Crippen LogP contribution is -1.98. The Morgan fingerprint density at radius 3 is 2.84 bits per heavy atom. The monoisotopic (exact) mass is 252 g/mol. The lowest BCUT2D eigenvalue weighted by Gasteiger charge is -2.06. The van der Waals surface area contributed by atoms with Gasteiger partial charge in [0.05, 0.1) is 11.4 Å². The highest BCUT2D eigenvalue weighted by atomic mass is 15.0. The zero-order valence-corrected chi connectivity index (χ0v) is 11.1. The van der Waals surface area contributed by atoms with Crippen molar-refractivity contribution in [2.24, 2.45) is 5.73 Å². The maximum absolute atomic E-state index is 5.68. The van der Waals surface area contributed by atoms with Crippen molar-refractivity contribution in [3.05, 3.63) is 53.6 Å².